The summed E-state index contributed by atoms with van der Waals surface area (Å²) in [5.74, 6) is 0.501. The van der Waals surface area contributed by atoms with Crippen LogP contribution in [-0.2, 0) is 9.53 Å². The molecule has 5 heteroatoms. The highest BCUT2D eigenvalue weighted by Crippen LogP contribution is 2.22. The molecular formula is C12H15FN2O2. The van der Waals surface area contributed by atoms with Crippen molar-refractivity contribution in [1.29, 1.82) is 0 Å². The number of aryl methyl sites for hydroxylation is 1. The van der Waals surface area contributed by atoms with Crippen molar-refractivity contribution in [2.45, 2.75) is 25.9 Å². The maximum Gasteiger partial charge on any atom is 0.293 e. The second-order valence-corrected chi connectivity index (χ2v) is 4.21. The normalized spacial score (nSPS) is 16.9. The van der Waals surface area contributed by atoms with Crippen molar-refractivity contribution in [3.8, 4) is 0 Å². The van der Waals surface area contributed by atoms with Gasteiger partial charge in [0.25, 0.3) is 6.47 Å². The first-order valence-electron chi connectivity index (χ1n) is 5.67. The molecule has 0 N–H and O–H groups in total. The van der Waals surface area contributed by atoms with E-state index < -0.39 is 0 Å². The van der Waals surface area contributed by atoms with Crippen LogP contribution in [0.15, 0.2) is 12.3 Å². The number of hydrogen-bond donors (Lipinski definition) is 0. The molecule has 1 aromatic rings. The number of anilines is 1. The van der Waals surface area contributed by atoms with Crippen molar-refractivity contribution >= 4 is 12.3 Å². The van der Waals surface area contributed by atoms with Gasteiger partial charge in [0.15, 0.2) is 0 Å². The first-order chi connectivity index (χ1) is 8.20. The fraction of sp³-hybridized carbons (Fsp3) is 0.500. The number of carbonyl (C=O) groups excluding carboxylic acids is 1. The maximum atomic E-state index is 12.9. The average Bonchev–Trinajstić information content (AvgIpc) is 2.31. The highest BCUT2D eigenvalue weighted by Gasteiger charge is 2.21. The van der Waals surface area contributed by atoms with Crippen LogP contribution in [0.25, 0.3) is 0 Å². The number of piperidine rings is 1. The molecular weight excluding hydrogens is 223 g/mol. The lowest BCUT2D eigenvalue weighted by Gasteiger charge is -2.32. The Labute approximate surface area is 99.4 Å². The molecule has 1 saturated heterocycles. The fourth-order valence-electron chi connectivity index (χ4n) is 2.15. The minimum Gasteiger partial charge on any atom is -0.464 e. The van der Waals surface area contributed by atoms with E-state index in [0.717, 1.165) is 37.3 Å². The molecule has 4 nitrogen and oxygen atoms in total. The van der Waals surface area contributed by atoms with Crippen LogP contribution >= 0.6 is 0 Å². The van der Waals surface area contributed by atoms with Crippen molar-refractivity contribution < 1.29 is 13.9 Å². The van der Waals surface area contributed by atoms with Crippen molar-refractivity contribution in [2.24, 2.45) is 0 Å². The predicted molar refractivity (Wildman–Crippen MR) is 61.3 cm³/mol. The van der Waals surface area contributed by atoms with Gasteiger partial charge in [-0.3, -0.25) is 4.79 Å². The van der Waals surface area contributed by atoms with Crippen molar-refractivity contribution in [3.63, 3.8) is 0 Å². The SMILES string of the molecule is Cc1cc(F)cnc1N1CCC(OC=O)CC1. The summed E-state index contributed by atoms with van der Waals surface area (Å²) in [5.41, 5.74) is 0.833. The van der Waals surface area contributed by atoms with E-state index in [9.17, 15) is 9.18 Å². The molecule has 92 valence electrons. The van der Waals surface area contributed by atoms with Crippen LogP contribution in [0.1, 0.15) is 18.4 Å². The summed E-state index contributed by atoms with van der Waals surface area (Å²) in [6, 6.07) is 1.48. The number of carbonyl (C=O) groups is 1. The molecule has 0 bridgehead atoms. The van der Waals surface area contributed by atoms with Crippen LogP contribution < -0.4 is 4.90 Å². The van der Waals surface area contributed by atoms with E-state index >= 15 is 0 Å². The lowest BCUT2D eigenvalue weighted by Crippen LogP contribution is -2.37. The number of halogens is 1. The van der Waals surface area contributed by atoms with Gasteiger partial charge in [0.1, 0.15) is 17.7 Å². The van der Waals surface area contributed by atoms with Gasteiger partial charge in [0.05, 0.1) is 6.20 Å². The number of nitrogens with zero attached hydrogens (tertiary/aromatic N) is 2. The van der Waals surface area contributed by atoms with Crippen LogP contribution in [0.3, 0.4) is 0 Å². The molecule has 2 rings (SSSR count). The Kier molecular flexibility index (Phi) is 3.56. The van der Waals surface area contributed by atoms with Gasteiger partial charge < -0.3 is 9.64 Å². The predicted octanol–water partition coefficient (Wildman–Crippen LogP) is 1.67. The molecule has 0 spiro atoms. The second kappa shape index (κ2) is 5.12. The summed E-state index contributed by atoms with van der Waals surface area (Å²) in [5, 5.41) is 0. The molecule has 0 unspecified atom stereocenters. The topological polar surface area (TPSA) is 42.4 Å². The summed E-state index contributed by atoms with van der Waals surface area (Å²) in [6.45, 7) is 3.90. The van der Waals surface area contributed by atoms with Crippen molar-refractivity contribution in [2.75, 3.05) is 18.0 Å². The van der Waals surface area contributed by atoms with Crippen LogP contribution in [0.5, 0.6) is 0 Å². The molecule has 0 aromatic carbocycles. The molecule has 0 radical (unpaired) electrons. The van der Waals surface area contributed by atoms with Gasteiger partial charge in [-0.05, 0) is 18.6 Å². The van der Waals surface area contributed by atoms with Gasteiger partial charge in [-0.1, -0.05) is 0 Å². The minimum absolute atomic E-state index is 0.00417. The summed E-state index contributed by atoms with van der Waals surface area (Å²) < 4.78 is 17.9. The van der Waals surface area contributed by atoms with E-state index in [-0.39, 0.29) is 11.9 Å². The lowest BCUT2D eigenvalue weighted by molar-refractivity contribution is -0.134. The van der Waals surface area contributed by atoms with E-state index in [0.29, 0.717) is 6.47 Å². The largest absolute Gasteiger partial charge is 0.464 e. The first kappa shape index (κ1) is 11.8. The summed E-state index contributed by atoms with van der Waals surface area (Å²) >= 11 is 0. The third-order valence-corrected chi connectivity index (χ3v) is 3.01. The Bertz CT molecular complexity index is 403. The summed E-state index contributed by atoms with van der Waals surface area (Å²) in [6.07, 6.45) is 2.81. The van der Waals surface area contributed by atoms with Crippen LogP contribution in [0.2, 0.25) is 0 Å². The Morgan fingerprint density at radius 3 is 2.82 bits per heavy atom. The van der Waals surface area contributed by atoms with Crippen LogP contribution in [-0.4, -0.2) is 30.6 Å². The van der Waals surface area contributed by atoms with Crippen LogP contribution in [0.4, 0.5) is 10.2 Å². The first-order valence-corrected chi connectivity index (χ1v) is 5.67. The van der Waals surface area contributed by atoms with E-state index in [4.69, 9.17) is 4.74 Å². The highest BCUT2D eigenvalue weighted by molar-refractivity contribution is 5.46. The molecule has 1 aromatic heterocycles. The molecule has 1 aliphatic heterocycles. The Morgan fingerprint density at radius 2 is 2.24 bits per heavy atom. The van der Waals surface area contributed by atoms with E-state index in [1.165, 1.54) is 12.3 Å². The lowest BCUT2D eigenvalue weighted by atomic mass is 10.1. The highest BCUT2D eigenvalue weighted by atomic mass is 19.1. The van der Waals surface area contributed by atoms with Gasteiger partial charge in [-0.2, -0.15) is 0 Å². The Balaban J connectivity index is 2.02. The van der Waals surface area contributed by atoms with Crippen molar-refractivity contribution in [1.82, 2.24) is 4.98 Å². The van der Waals surface area contributed by atoms with Gasteiger partial charge in [-0.25, -0.2) is 9.37 Å². The third-order valence-electron chi connectivity index (χ3n) is 3.01. The zero-order valence-electron chi connectivity index (χ0n) is 9.73. The van der Waals surface area contributed by atoms with Gasteiger partial charge >= 0.3 is 0 Å². The zero-order chi connectivity index (χ0) is 12.3. The Hall–Kier alpha value is -1.65. The Morgan fingerprint density at radius 1 is 1.53 bits per heavy atom. The maximum absolute atomic E-state index is 12.9. The zero-order valence-corrected chi connectivity index (χ0v) is 9.73. The monoisotopic (exact) mass is 238 g/mol. The van der Waals surface area contributed by atoms with E-state index in [1.54, 1.807) is 0 Å². The molecule has 0 aliphatic carbocycles. The van der Waals surface area contributed by atoms with Gasteiger partial charge in [0, 0.05) is 25.9 Å². The quantitative estimate of drug-likeness (QED) is 0.751. The number of hydrogen-bond acceptors (Lipinski definition) is 4. The molecule has 2 heterocycles. The smallest absolute Gasteiger partial charge is 0.293 e. The minimum atomic E-state index is -0.314. The van der Waals surface area contributed by atoms with E-state index in [1.807, 2.05) is 6.92 Å². The second-order valence-electron chi connectivity index (χ2n) is 4.21. The van der Waals surface area contributed by atoms with Gasteiger partial charge in [-0.15, -0.1) is 0 Å². The standard InChI is InChI=1S/C12H15FN2O2/c1-9-6-10(13)7-14-12(9)15-4-2-11(3-5-15)17-8-16/h6-8,11H,2-5H2,1H3. The molecule has 17 heavy (non-hydrogen) atoms. The summed E-state index contributed by atoms with van der Waals surface area (Å²) in [4.78, 5) is 16.4. The van der Waals surface area contributed by atoms with Gasteiger partial charge in [0.2, 0.25) is 0 Å². The van der Waals surface area contributed by atoms with E-state index in [2.05, 4.69) is 9.88 Å². The van der Waals surface area contributed by atoms with Crippen LogP contribution in [0, 0.1) is 12.7 Å². The average molecular weight is 238 g/mol. The summed E-state index contributed by atoms with van der Waals surface area (Å²) in [7, 11) is 0. The number of rotatable bonds is 3. The molecule has 1 aliphatic rings. The fourth-order valence-corrected chi connectivity index (χ4v) is 2.15. The number of pyridine rings is 1. The molecule has 0 atom stereocenters. The molecule has 0 amide bonds. The molecule has 1 fully saturated rings. The number of ether oxygens (including phenoxy) is 1. The molecule has 0 saturated carbocycles. The number of aromatic nitrogens is 1. The third kappa shape index (κ3) is 2.72. The van der Waals surface area contributed by atoms with Crippen molar-refractivity contribution in [3.05, 3.63) is 23.6 Å².